The lowest BCUT2D eigenvalue weighted by Crippen LogP contribution is -2.55. The van der Waals surface area contributed by atoms with Crippen molar-refractivity contribution in [3.8, 4) is 5.75 Å². The van der Waals surface area contributed by atoms with Crippen LogP contribution in [0.3, 0.4) is 0 Å². The number of benzene rings is 2. The maximum absolute atomic E-state index is 12.9. The average Bonchev–Trinajstić information content (AvgIpc) is 2.82. The van der Waals surface area contributed by atoms with Crippen molar-refractivity contribution in [1.29, 1.82) is 0 Å². The number of amides is 3. The van der Waals surface area contributed by atoms with Crippen molar-refractivity contribution in [1.82, 2.24) is 10.2 Å². The molecule has 2 atom stereocenters. The van der Waals surface area contributed by atoms with Crippen LogP contribution in [0.1, 0.15) is 33.6 Å². The first-order valence-electron chi connectivity index (χ1n) is 9.32. The van der Waals surface area contributed by atoms with Gasteiger partial charge in [0.25, 0.3) is 11.8 Å². The van der Waals surface area contributed by atoms with E-state index in [1.54, 1.807) is 54.5 Å². The summed E-state index contributed by atoms with van der Waals surface area (Å²) < 4.78 is 5.10. The molecular weight excluding hydrogens is 394 g/mol. The van der Waals surface area contributed by atoms with Crippen LogP contribution in [0, 0.1) is 0 Å². The van der Waals surface area contributed by atoms with Crippen LogP contribution >= 0.6 is 11.6 Å². The molecule has 0 aromatic heterocycles. The molecule has 2 unspecified atom stereocenters. The van der Waals surface area contributed by atoms with E-state index in [4.69, 9.17) is 16.3 Å². The third-order valence-corrected chi connectivity index (χ3v) is 5.56. The first kappa shape index (κ1) is 19.3. The average molecular weight is 414 g/mol. The minimum Gasteiger partial charge on any atom is -0.497 e. The number of hydrogen-bond donors (Lipinski definition) is 2. The number of fused-ring (bicyclic) bond motifs is 2. The summed E-state index contributed by atoms with van der Waals surface area (Å²) in [5.74, 6) is -0.0348. The molecule has 3 amide bonds. The Hall–Kier alpha value is -3.06. The van der Waals surface area contributed by atoms with Crippen molar-refractivity contribution in [2.24, 2.45) is 0 Å². The highest BCUT2D eigenvalue weighted by molar-refractivity contribution is 6.31. The molecule has 2 aliphatic heterocycles. The van der Waals surface area contributed by atoms with E-state index in [0.717, 1.165) is 0 Å². The fourth-order valence-corrected chi connectivity index (χ4v) is 3.95. The quantitative estimate of drug-likeness (QED) is 0.809. The van der Waals surface area contributed by atoms with Crippen molar-refractivity contribution in [2.45, 2.75) is 24.9 Å². The maximum Gasteiger partial charge on any atom is 0.256 e. The van der Waals surface area contributed by atoms with Crippen LogP contribution in [0.15, 0.2) is 42.5 Å². The molecule has 0 bridgehead atoms. The molecule has 0 saturated carbocycles. The zero-order chi connectivity index (χ0) is 20.5. The van der Waals surface area contributed by atoms with Crippen LogP contribution in [-0.2, 0) is 4.79 Å². The Balaban J connectivity index is 1.49. The van der Waals surface area contributed by atoms with Gasteiger partial charge in [0.15, 0.2) is 0 Å². The number of carbonyl (C=O) groups excluding carboxylic acids is 3. The molecule has 0 spiro atoms. The molecule has 2 aliphatic rings. The Labute approximate surface area is 173 Å². The number of hydrogen-bond acceptors (Lipinski definition) is 4. The Kier molecular flexibility index (Phi) is 5.15. The molecule has 1 saturated heterocycles. The van der Waals surface area contributed by atoms with Gasteiger partial charge < -0.3 is 20.3 Å². The number of carbonyl (C=O) groups is 3. The minimum atomic E-state index is -0.649. The van der Waals surface area contributed by atoms with Crippen molar-refractivity contribution in [3.05, 3.63) is 58.6 Å². The molecule has 8 heteroatoms. The van der Waals surface area contributed by atoms with Crippen LogP contribution in [0.5, 0.6) is 5.75 Å². The van der Waals surface area contributed by atoms with Gasteiger partial charge in [-0.15, -0.1) is 0 Å². The lowest BCUT2D eigenvalue weighted by molar-refractivity contribution is -0.121. The second-order valence-corrected chi connectivity index (χ2v) is 7.55. The molecule has 2 aromatic rings. The third kappa shape index (κ3) is 3.78. The fourth-order valence-electron chi connectivity index (χ4n) is 3.78. The van der Waals surface area contributed by atoms with Crippen LogP contribution in [0.2, 0.25) is 5.02 Å². The normalized spacial score (nSPS) is 20.8. The molecular formula is C21H20ClN3O4. The van der Waals surface area contributed by atoms with Gasteiger partial charge in [0, 0.05) is 23.2 Å². The van der Waals surface area contributed by atoms with Gasteiger partial charge in [0.1, 0.15) is 11.8 Å². The number of rotatable bonds is 3. The molecule has 0 aliphatic carbocycles. The van der Waals surface area contributed by atoms with Gasteiger partial charge in [-0.1, -0.05) is 11.6 Å². The van der Waals surface area contributed by atoms with Gasteiger partial charge in [-0.05, 0) is 55.3 Å². The number of nitrogens with one attached hydrogen (secondary N) is 2. The summed E-state index contributed by atoms with van der Waals surface area (Å²) in [5.41, 5.74) is 1.35. The summed E-state index contributed by atoms with van der Waals surface area (Å²) in [6, 6.07) is 10.8. The number of halogens is 1. The number of methoxy groups -OCH3 is 1. The first-order chi connectivity index (χ1) is 14.0. The van der Waals surface area contributed by atoms with E-state index in [-0.39, 0.29) is 23.8 Å². The molecule has 0 radical (unpaired) electrons. The van der Waals surface area contributed by atoms with Crippen molar-refractivity contribution in [2.75, 3.05) is 19.0 Å². The van der Waals surface area contributed by atoms with Crippen molar-refractivity contribution >= 4 is 35.0 Å². The monoisotopic (exact) mass is 413 g/mol. The summed E-state index contributed by atoms with van der Waals surface area (Å²) in [4.78, 5) is 39.8. The van der Waals surface area contributed by atoms with Gasteiger partial charge in [-0.3, -0.25) is 14.4 Å². The predicted octanol–water partition coefficient (Wildman–Crippen LogP) is 2.70. The lowest BCUT2D eigenvalue weighted by atomic mass is 9.95. The van der Waals surface area contributed by atoms with Gasteiger partial charge in [-0.25, -0.2) is 0 Å². The zero-order valence-corrected chi connectivity index (χ0v) is 16.5. The smallest absolute Gasteiger partial charge is 0.256 e. The Morgan fingerprint density at radius 2 is 1.97 bits per heavy atom. The largest absolute Gasteiger partial charge is 0.497 e. The molecule has 2 heterocycles. The third-order valence-electron chi connectivity index (χ3n) is 5.32. The highest BCUT2D eigenvalue weighted by Gasteiger charge is 2.40. The van der Waals surface area contributed by atoms with E-state index in [0.29, 0.717) is 47.0 Å². The summed E-state index contributed by atoms with van der Waals surface area (Å²) in [6.45, 7) is 0.381. The Bertz CT molecular complexity index is 976. The van der Waals surface area contributed by atoms with Gasteiger partial charge in [-0.2, -0.15) is 0 Å². The van der Waals surface area contributed by atoms with E-state index in [2.05, 4.69) is 10.6 Å². The van der Waals surface area contributed by atoms with Crippen molar-refractivity contribution in [3.63, 3.8) is 0 Å². The number of anilines is 1. The van der Waals surface area contributed by atoms with Crippen LogP contribution in [0.4, 0.5) is 5.69 Å². The maximum atomic E-state index is 12.9. The number of ether oxygens (including phenoxy) is 1. The topological polar surface area (TPSA) is 87.7 Å². The molecule has 7 nitrogen and oxygen atoms in total. The predicted molar refractivity (Wildman–Crippen MR) is 108 cm³/mol. The molecule has 29 heavy (non-hydrogen) atoms. The number of piperidine rings is 1. The van der Waals surface area contributed by atoms with E-state index in [1.807, 2.05) is 0 Å². The van der Waals surface area contributed by atoms with E-state index < -0.39 is 6.04 Å². The van der Waals surface area contributed by atoms with Crippen molar-refractivity contribution < 1.29 is 19.1 Å². The Morgan fingerprint density at radius 3 is 2.69 bits per heavy atom. The number of nitrogens with zero attached hydrogens (tertiary/aromatic N) is 1. The first-order valence-corrected chi connectivity index (χ1v) is 9.70. The van der Waals surface area contributed by atoms with Gasteiger partial charge in [0.2, 0.25) is 5.91 Å². The zero-order valence-electron chi connectivity index (χ0n) is 15.8. The molecule has 150 valence electrons. The molecule has 1 fully saturated rings. The summed E-state index contributed by atoms with van der Waals surface area (Å²) >= 11 is 6.00. The van der Waals surface area contributed by atoms with E-state index in [1.165, 1.54) is 0 Å². The van der Waals surface area contributed by atoms with Gasteiger partial charge >= 0.3 is 0 Å². The minimum absolute atomic E-state index is 0.208. The van der Waals surface area contributed by atoms with Gasteiger partial charge in [0.05, 0.1) is 18.4 Å². The lowest BCUT2D eigenvalue weighted by Gasteiger charge is -2.37. The van der Waals surface area contributed by atoms with E-state index >= 15 is 0 Å². The molecule has 2 N–H and O–H groups in total. The van der Waals surface area contributed by atoms with E-state index in [9.17, 15) is 14.4 Å². The summed E-state index contributed by atoms with van der Waals surface area (Å²) in [5, 5.41) is 6.22. The molecule has 2 aromatic carbocycles. The standard InChI is InChI=1S/C21H20ClN3O4/c1-29-15-5-2-12(3-6-15)19(26)23-14-8-9-25-18(11-14)20(27)24-17-10-13(22)4-7-16(17)21(25)28/h2-7,10,14,18H,8-9,11H2,1H3,(H,23,26)(H,24,27). The highest BCUT2D eigenvalue weighted by atomic mass is 35.5. The van der Waals surface area contributed by atoms with Crippen LogP contribution < -0.4 is 15.4 Å². The Morgan fingerprint density at radius 1 is 1.21 bits per heavy atom. The fraction of sp³-hybridized carbons (Fsp3) is 0.286. The van der Waals surface area contributed by atoms with Crippen LogP contribution in [-0.4, -0.2) is 48.4 Å². The second-order valence-electron chi connectivity index (χ2n) is 7.12. The summed E-state index contributed by atoms with van der Waals surface area (Å²) in [7, 11) is 1.56. The molecule has 4 rings (SSSR count). The SMILES string of the molecule is COc1ccc(C(=O)NC2CCN3C(=O)c4ccc(Cl)cc4NC(=O)C3C2)cc1. The highest BCUT2D eigenvalue weighted by Crippen LogP contribution is 2.30. The van der Waals surface area contributed by atoms with Crippen LogP contribution in [0.25, 0.3) is 0 Å². The summed E-state index contributed by atoms with van der Waals surface area (Å²) in [6.07, 6.45) is 0.918. The second kappa shape index (κ2) is 7.75.